The van der Waals surface area contributed by atoms with Gasteiger partial charge in [0.05, 0.1) is 17.3 Å². The number of carboxylic acid groups (broad SMARTS) is 1. The van der Waals surface area contributed by atoms with E-state index in [-0.39, 0.29) is 30.6 Å². The minimum Gasteiger partial charge on any atom is -0.481 e. The molecule has 0 aromatic heterocycles. The fourth-order valence-corrected chi connectivity index (χ4v) is 2.93. The Kier molecular flexibility index (Phi) is 4.75. The predicted octanol–water partition coefficient (Wildman–Crippen LogP) is 2.60. The fourth-order valence-electron chi connectivity index (χ4n) is 2.50. The molecule has 2 rings (SSSR count). The Morgan fingerprint density at radius 2 is 2.20 bits per heavy atom. The van der Waals surface area contributed by atoms with Gasteiger partial charge in [-0.15, -0.1) is 0 Å². The van der Waals surface area contributed by atoms with Crippen LogP contribution in [0.1, 0.15) is 24.8 Å². The molecule has 1 heterocycles. The average molecular weight is 344 g/mol. The summed E-state index contributed by atoms with van der Waals surface area (Å²) < 4.78 is 13.5. The molecule has 1 aliphatic heterocycles. The third kappa shape index (κ3) is 3.56. The van der Waals surface area contributed by atoms with Gasteiger partial charge < -0.3 is 10.0 Å². The minimum atomic E-state index is -0.890. The van der Waals surface area contributed by atoms with Crippen molar-refractivity contribution in [2.24, 2.45) is 0 Å². The van der Waals surface area contributed by atoms with E-state index in [1.54, 1.807) is 17.0 Å². The van der Waals surface area contributed by atoms with Crippen molar-refractivity contribution in [3.05, 3.63) is 34.1 Å². The van der Waals surface area contributed by atoms with E-state index < -0.39 is 5.97 Å². The van der Waals surface area contributed by atoms with Crippen molar-refractivity contribution in [3.8, 4) is 0 Å². The molecule has 0 radical (unpaired) electrons. The second-order valence-corrected chi connectivity index (χ2v) is 5.76. The molecule has 1 saturated heterocycles. The largest absolute Gasteiger partial charge is 0.481 e. The number of hydrogen-bond acceptors (Lipinski definition) is 2. The van der Waals surface area contributed by atoms with Crippen LogP contribution in [0.3, 0.4) is 0 Å². The number of halogens is 2. The van der Waals surface area contributed by atoms with Gasteiger partial charge in [-0.05, 0) is 46.5 Å². The molecule has 1 aromatic rings. The van der Waals surface area contributed by atoms with E-state index in [0.29, 0.717) is 16.6 Å². The Hall–Kier alpha value is -1.43. The molecule has 6 heteroatoms. The lowest BCUT2D eigenvalue weighted by Gasteiger charge is -2.23. The summed E-state index contributed by atoms with van der Waals surface area (Å²) in [5.41, 5.74) is 0.712. The number of carboxylic acids is 1. The van der Waals surface area contributed by atoms with Gasteiger partial charge in [-0.1, -0.05) is 6.07 Å². The van der Waals surface area contributed by atoms with Crippen LogP contribution in [0.25, 0.3) is 0 Å². The number of carbonyl (C=O) groups excluding carboxylic acids is 1. The molecular weight excluding hydrogens is 329 g/mol. The molecule has 1 unspecified atom stereocenters. The molecule has 1 aromatic carbocycles. The van der Waals surface area contributed by atoms with Crippen molar-refractivity contribution in [3.63, 3.8) is 0 Å². The topological polar surface area (TPSA) is 57.6 Å². The Balaban J connectivity index is 2.03. The molecule has 0 bridgehead atoms. The molecule has 0 saturated carbocycles. The standard InChI is InChI=1S/C14H15BrFNO3/c15-11-6-9(3-4-12(11)16)7-13(18)17-5-1-2-10(17)8-14(19)20/h3-4,6,10H,1-2,5,7-8H2,(H,19,20). The van der Waals surface area contributed by atoms with Crippen LogP contribution in [0.2, 0.25) is 0 Å². The summed E-state index contributed by atoms with van der Waals surface area (Å²) in [6, 6.07) is 4.24. The first-order valence-electron chi connectivity index (χ1n) is 6.42. The maximum Gasteiger partial charge on any atom is 0.305 e. The zero-order valence-electron chi connectivity index (χ0n) is 10.8. The first-order chi connectivity index (χ1) is 9.47. The van der Waals surface area contributed by atoms with Gasteiger partial charge >= 0.3 is 5.97 Å². The van der Waals surface area contributed by atoms with E-state index in [4.69, 9.17) is 5.11 Å². The van der Waals surface area contributed by atoms with Crippen LogP contribution < -0.4 is 0 Å². The minimum absolute atomic E-state index is 0.0150. The second-order valence-electron chi connectivity index (χ2n) is 4.91. The number of carbonyl (C=O) groups is 2. The maximum atomic E-state index is 13.1. The van der Waals surface area contributed by atoms with E-state index in [2.05, 4.69) is 15.9 Å². The average Bonchev–Trinajstić information content (AvgIpc) is 2.81. The van der Waals surface area contributed by atoms with E-state index in [1.165, 1.54) is 6.07 Å². The number of nitrogens with zero attached hydrogens (tertiary/aromatic N) is 1. The summed E-state index contributed by atoms with van der Waals surface area (Å²) in [4.78, 5) is 24.6. The lowest BCUT2D eigenvalue weighted by atomic mass is 10.1. The van der Waals surface area contributed by atoms with Crippen molar-refractivity contribution < 1.29 is 19.1 Å². The predicted molar refractivity (Wildman–Crippen MR) is 74.8 cm³/mol. The fraction of sp³-hybridized carbons (Fsp3) is 0.429. The Morgan fingerprint density at radius 1 is 1.45 bits per heavy atom. The van der Waals surface area contributed by atoms with Gasteiger partial charge in [-0.2, -0.15) is 0 Å². The van der Waals surface area contributed by atoms with E-state index in [0.717, 1.165) is 12.8 Å². The molecule has 0 aliphatic carbocycles. The number of benzene rings is 1. The van der Waals surface area contributed by atoms with Gasteiger partial charge in [-0.3, -0.25) is 9.59 Å². The Morgan fingerprint density at radius 3 is 2.85 bits per heavy atom. The zero-order chi connectivity index (χ0) is 14.7. The lowest BCUT2D eigenvalue weighted by molar-refractivity contribution is -0.139. The summed E-state index contributed by atoms with van der Waals surface area (Å²) in [5, 5.41) is 8.84. The normalized spacial score (nSPS) is 18.3. The number of hydrogen-bond donors (Lipinski definition) is 1. The third-order valence-corrected chi connectivity index (χ3v) is 4.05. The summed E-state index contributed by atoms with van der Waals surface area (Å²) in [5.74, 6) is -1.36. The van der Waals surface area contributed by atoms with Crippen LogP contribution in [0.5, 0.6) is 0 Å². The molecule has 1 atom stereocenters. The van der Waals surface area contributed by atoms with Crippen LogP contribution in [0, 0.1) is 5.82 Å². The Labute approximate surface area is 124 Å². The second kappa shape index (κ2) is 6.35. The van der Waals surface area contributed by atoms with E-state index >= 15 is 0 Å². The molecule has 1 amide bonds. The highest BCUT2D eigenvalue weighted by atomic mass is 79.9. The van der Waals surface area contributed by atoms with Crippen LogP contribution in [-0.2, 0) is 16.0 Å². The zero-order valence-corrected chi connectivity index (χ0v) is 12.4. The summed E-state index contributed by atoms with van der Waals surface area (Å²) >= 11 is 3.09. The number of rotatable bonds is 4. The van der Waals surface area contributed by atoms with Gasteiger partial charge in [0.15, 0.2) is 0 Å². The highest BCUT2D eigenvalue weighted by Gasteiger charge is 2.30. The molecule has 1 fully saturated rings. The quantitative estimate of drug-likeness (QED) is 0.914. The van der Waals surface area contributed by atoms with Crippen molar-refractivity contribution in [1.29, 1.82) is 0 Å². The van der Waals surface area contributed by atoms with E-state index in [9.17, 15) is 14.0 Å². The first-order valence-corrected chi connectivity index (χ1v) is 7.22. The number of likely N-dealkylation sites (tertiary alicyclic amines) is 1. The molecule has 1 N–H and O–H groups in total. The molecule has 108 valence electrons. The summed E-state index contributed by atoms with van der Waals surface area (Å²) in [6.45, 7) is 0.596. The van der Waals surface area contributed by atoms with Crippen molar-refractivity contribution in [1.82, 2.24) is 4.90 Å². The highest BCUT2D eigenvalue weighted by molar-refractivity contribution is 9.10. The maximum absolute atomic E-state index is 13.1. The Bertz CT molecular complexity index is 535. The molecule has 1 aliphatic rings. The first kappa shape index (κ1) is 15.0. The van der Waals surface area contributed by atoms with Crippen LogP contribution >= 0.6 is 15.9 Å². The van der Waals surface area contributed by atoms with Gasteiger partial charge in [0.25, 0.3) is 0 Å². The smallest absolute Gasteiger partial charge is 0.305 e. The summed E-state index contributed by atoms with van der Waals surface area (Å²) in [6.07, 6.45) is 1.70. The SMILES string of the molecule is O=C(O)CC1CCCN1C(=O)Cc1ccc(F)c(Br)c1. The number of aliphatic carboxylic acids is 1. The van der Waals surface area contributed by atoms with Crippen LogP contribution in [-0.4, -0.2) is 34.5 Å². The van der Waals surface area contributed by atoms with Gasteiger partial charge in [0, 0.05) is 12.6 Å². The van der Waals surface area contributed by atoms with Crippen molar-refractivity contribution in [2.75, 3.05) is 6.54 Å². The van der Waals surface area contributed by atoms with Crippen LogP contribution in [0.15, 0.2) is 22.7 Å². The number of amides is 1. The molecule has 0 spiro atoms. The monoisotopic (exact) mass is 343 g/mol. The van der Waals surface area contributed by atoms with Gasteiger partial charge in [-0.25, -0.2) is 4.39 Å². The van der Waals surface area contributed by atoms with Gasteiger partial charge in [0.2, 0.25) is 5.91 Å². The highest BCUT2D eigenvalue weighted by Crippen LogP contribution is 2.22. The van der Waals surface area contributed by atoms with Crippen molar-refractivity contribution in [2.45, 2.75) is 31.7 Å². The van der Waals surface area contributed by atoms with Crippen LogP contribution in [0.4, 0.5) is 4.39 Å². The third-order valence-electron chi connectivity index (χ3n) is 3.45. The van der Waals surface area contributed by atoms with E-state index in [1.807, 2.05) is 0 Å². The molecular formula is C14H15BrFNO3. The molecule has 20 heavy (non-hydrogen) atoms. The lowest BCUT2D eigenvalue weighted by Crippen LogP contribution is -2.37. The van der Waals surface area contributed by atoms with Crippen molar-refractivity contribution >= 4 is 27.8 Å². The summed E-state index contributed by atoms with van der Waals surface area (Å²) in [7, 11) is 0. The molecule has 4 nitrogen and oxygen atoms in total. The van der Waals surface area contributed by atoms with Gasteiger partial charge in [0.1, 0.15) is 5.82 Å².